The summed E-state index contributed by atoms with van der Waals surface area (Å²) in [4.78, 5) is 12.8. The molecule has 0 atom stereocenters. The lowest BCUT2D eigenvalue weighted by Gasteiger charge is -2.09. The third-order valence-electron chi connectivity index (χ3n) is 3.83. The van der Waals surface area contributed by atoms with Crippen molar-refractivity contribution in [2.75, 3.05) is 6.26 Å². The van der Waals surface area contributed by atoms with E-state index in [4.69, 9.17) is 4.42 Å². The van der Waals surface area contributed by atoms with Gasteiger partial charge in [-0.15, -0.1) is 10.2 Å². The van der Waals surface area contributed by atoms with Gasteiger partial charge in [0, 0.05) is 5.39 Å². The lowest BCUT2D eigenvalue weighted by atomic mass is 10.1. The first kappa shape index (κ1) is 15.6. The van der Waals surface area contributed by atoms with E-state index in [9.17, 15) is 4.79 Å². The topological polar surface area (TPSA) is 73.8 Å². The van der Waals surface area contributed by atoms with Crippen LogP contribution >= 0.6 is 11.8 Å². The molecule has 2 aromatic heterocycles. The van der Waals surface area contributed by atoms with E-state index in [1.807, 2.05) is 54.8 Å². The largest absolute Gasteiger partial charge is 0.410 e. The van der Waals surface area contributed by atoms with Gasteiger partial charge < -0.3 is 4.42 Å². The summed E-state index contributed by atoms with van der Waals surface area (Å²) in [5.41, 5.74) is 1.36. The van der Waals surface area contributed by atoms with E-state index in [2.05, 4.69) is 15.3 Å². The molecule has 0 aliphatic carbocycles. The van der Waals surface area contributed by atoms with Gasteiger partial charge in [-0.3, -0.25) is 4.79 Å². The minimum absolute atomic E-state index is 0.146. The Bertz CT molecular complexity index is 1090. The van der Waals surface area contributed by atoms with Crippen LogP contribution in [0.25, 0.3) is 22.4 Å². The zero-order chi connectivity index (χ0) is 17.2. The quantitative estimate of drug-likeness (QED) is 0.526. The summed E-state index contributed by atoms with van der Waals surface area (Å²) in [6.45, 7) is 0.376. The second-order valence-electron chi connectivity index (χ2n) is 5.42. The summed E-state index contributed by atoms with van der Waals surface area (Å²) < 4.78 is 7.08. The molecule has 7 heteroatoms. The Hall–Kier alpha value is -2.93. The molecule has 0 spiro atoms. The zero-order valence-electron chi connectivity index (χ0n) is 13.4. The second kappa shape index (κ2) is 6.52. The molecule has 0 unspecified atom stereocenters. The third-order valence-corrected chi connectivity index (χ3v) is 4.34. The molecule has 0 radical (unpaired) electrons. The van der Waals surface area contributed by atoms with Gasteiger partial charge in [0.15, 0.2) is 5.69 Å². The van der Waals surface area contributed by atoms with E-state index >= 15 is 0 Å². The Kier molecular flexibility index (Phi) is 4.07. The molecule has 0 N–H and O–H groups in total. The molecular weight excluding hydrogens is 336 g/mol. The predicted octanol–water partition coefficient (Wildman–Crippen LogP) is 3.22. The van der Waals surface area contributed by atoms with Gasteiger partial charge in [-0.1, -0.05) is 60.3 Å². The van der Waals surface area contributed by atoms with E-state index in [1.54, 1.807) is 6.07 Å². The third kappa shape index (κ3) is 2.94. The van der Waals surface area contributed by atoms with Crippen molar-refractivity contribution < 1.29 is 4.42 Å². The van der Waals surface area contributed by atoms with Crippen molar-refractivity contribution in [2.45, 2.75) is 11.8 Å². The number of hydrogen-bond donors (Lipinski definition) is 0. The number of hydrogen-bond acceptors (Lipinski definition) is 6. The molecular formula is C18H14N4O2S. The summed E-state index contributed by atoms with van der Waals surface area (Å²) in [6, 6.07) is 17.1. The number of nitrogens with zero attached hydrogens (tertiary/aromatic N) is 4. The highest BCUT2D eigenvalue weighted by molar-refractivity contribution is 7.98. The fourth-order valence-electron chi connectivity index (χ4n) is 2.64. The molecule has 2 aromatic carbocycles. The number of aromatic nitrogens is 4. The smallest absolute Gasteiger partial charge is 0.276 e. The minimum atomic E-state index is -0.146. The Morgan fingerprint density at radius 3 is 2.44 bits per heavy atom. The molecule has 0 saturated heterocycles. The molecule has 0 saturated carbocycles. The molecule has 0 amide bonds. The monoisotopic (exact) mass is 350 g/mol. The minimum Gasteiger partial charge on any atom is -0.410 e. The van der Waals surface area contributed by atoms with Crippen molar-refractivity contribution in [3.8, 4) is 11.6 Å². The van der Waals surface area contributed by atoms with Crippen LogP contribution in [0.1, 0.15) is 5.56 Å². The van der Waals surface area contributed by atoms with Crippen molar-refractivity contribution >= 4 is 22.5 Å². The van der Waals surface area contributed by atoms with E-state index in [-0.39, 0.29) is 5.56 Å². The standard InChI is InChI=1S/C18H14N4O2S/c1-25-18-20-19-16(24-18)15-13-9-5-6-10-14(13)17(23)22(21-15)11-12-7-3-2-4-8-12/h2-10H,11H2,1H3. The fourth-order valence-corrected chi connectivity index (χ4v) is 2.93. The molecule has 0 aliphatic heterocycles. The maximum atomic E-state index is 12.8. The lowest BCUT2D eigenvalue weighted by molar-refractivity contribution is 0.463. The Labute approximate surface area is 147 Å². The lowest BCUT2D eigenvalue weighted by Crippen LogP contribution is -2.24. The van der Waals surface area contributed by atoms with Gasteiger partial charge in [0.1, 0.15) is 0 Å². The van der Waals surface area contributed by atoms with Crippen LogP contribution in [0.4, 0.5) is 0 Å². The van der Waals surface area contributed by atoms with Crippen molar-refractivity contribution in [1.29, 1.82) is 0 Å². The Balaban J connectivity index is 1.92. The number of fused-ring (bicyclic) bond motifs is 1. The van der Waals surface area contributed by atoms with Gasteiger partial charge >= 0.3 is 0 Å². The fraction of sp³-hybridized carbons (Fsp3) is 0.111. The number of benzene rings is 2. The average molecular weight is 350 g/mol. The van der Waals surface area contributed by atoms with Gasteiger partial charge in [-0.25, -0.2) is 4.68 Å². The highest BCUT2D eigenvalue weighted by Gasteiger charge is 2.17. The van der Waals surface area contributed by atoms with E-state index in [0.717, 1.165) is 5.56 Å². The highest BCUT2D eigenvalue weighted by atomic mass is 32.2. The van der Waals surface area contributed by atoms with Crippen LogP contribution in [-0.4, -0.2) is 26.2 Å². The summed E-state index contributed by atoms with van der Waals surface area (Å²) in [5.74, 6) is 0.308. The SMILES string of the molecule is CSc1nnc(-c2nn(Cc3ccccc3)c(=O)c3ccccc23)o1. The zero-order valence-corrected chi connectivity index (χ0v) is 14.2. The molecule has 0 aliphatic rings. The van der Waals surface area contributed by atoms with Crippen molar-refractivity contribution in [2.24, 2.45) is 0 Å². The predicted molar refractivity (Wildman–Crippen MR) is 96.6 cm³/mol. The van der Waals surface area contributed by atoms with Gasteiger partial charge in [0.25, 0.3) is 16.7 Å². The van der Waals surface area contributed by atoms with Crippen LogP contribution in [0, 0.1) is 0 Å². The first-order valence-corrected chi connectivity index (χ1v) is 8.90. The molecule has 4 aromatic rings. The van der Waals surface area contributed by atoms with E-state index in [1.165, 1.54) is 16.4 Å². The maximum Gasteiger partial charge on any atom is 0.276 e. The second-order valence-corrected chi connectivity index (χ2v) is 6.18. The maximum absolute atomic E-state index is 12.8. The number of rotatable bonds is 4. The summed E-state index contributed by atoms with van der Waals surface area (Å²) in [6.07, 6.45) is 1.86. The van der Waals surface area contributed by atoms with Crippen LogP contribution in [-0.2, 0) is 6.54 Å². The molecule has 4 rings (SSSR count). The van der Waals surface area contributed by atoms with Crippen LogP contribution < -0.4 is 5.56 Å². The van der Waals surface area contributed by atoms with Crippen molar-refractivity contribution in [1.82, 2.24) is 20.0 Å². The Morgan fingerprint density at radius 1 is 1.00 bits per heavy atom. The first-order chi connectivity index (χ1) is 12.3. The molecule has 124 valence electrons. The van der Waals surface area contributed by atoms with Gasteiger partial charge in [-0.2, -0.15) is 5.10 Å². The normalized spacial score (nSPS) is 11.1. The molecule has 0 fully saturated rings. The van der Waals surface area contributed by atoms with Crippen LogP contribution in [0.2, 0.25) is 0 Å². The average Bonchev–Trinajstić information content (AvgIpc) is 3.14. The van der Waals surface area contributed by atoms with Crippen LogP contribution in [0.15, 0.2) is 69.0 Å². The van der Waals surface area contributed by atoms with Gasteiger partial charge in [0.05, 0.1) is 11.9 Å². The molecule has 0 bridgehead atoms. The summed E-state index contributed by atoms with van der Waals surface area (Å²) in [7, 11) is 0. The van der Waals surface area contributed by atoms with Crippen LogP contribution in [0.3, 0.4) is 0 Å². The highest BCUT2D eigenvalue weighted by Crippen LogP contribution is 2.25. The van der Waals surface area contributed by atoms with Gasteiger partial charge in [-0.05, 0) is 17.9 Å². The van der Waals surface area contributed by atoms with Crippen molar-refractivity contribution in [3.63, 3.8) is 0 Å². The Morgan fingerprint density at radius 2 is 1.72 bits per heavy atom. The summed E-state index contributed by atoms with van der Waals surface area (Å²) >= 11 is 1.36. The number of thioether (sulfide) groups is 1. The van der Waals surface area contributed by atoms with Crippen molar-refractivity contribution in [3.05, 3.63) is 70.5 Å². The molecule has 2 heterocycles. The first-order valence-electron chi connectivity index (χ1n) is 7.68. The van der Waals surface area contributed by atoms with E-state index < -0.39 is 0 Å². The molecule has 6 nitrogen and oxygen atoms in total. The van der Waals surface area contributed by atoms with E-state index in [0.29, 0.717) is 34.1 Å². The summed E-state index contributed by atoms with van der Waals surface area (Å²) in [5, 5.41) is 14.3. The van der Waals surface area contributed by atoms with Crippen LogP contribution in [0.5, 0.6) is 0 Å². The van der Waals surface area contributed by atoms with Gasteiger partial charge in [0.2, 0.25) is 0 Å². The molecule has 25 heavy (non-hydrogen) atoms.